The summed E-state index contributed by atoms with van der Waals surface area (Å²) in [6.07, 6.45) is 4.36. The Morgan fingerprint density at radius 1 is 1.35 bits per heavy atom. The molecule has 0 aliphatic carbocycles. The molecular formula is C14H20BrN5. The number of hydrogen-bond acceptors (Lipinski definition) is 4. The van der Waals surface area contributed by atoms with Crippen LogP contribution < -0.4 is 5.32 Å². The first kappa shape index (κ1) is 13.8. The highest BCUT2D eigenvalue weighted by atomic mass is 79.9. The van der Waals surface area contributed by atoms with Gasteiger partial charge in [0.15, 0.2) is 5.65 Å². The van der Waals surface area contributed by atoms with E-state index in [-0.39, 0.29) is 0 Å². The minimum atomic E-state index is 0.338. The summed E-state index contributed by atoms with van der Waals surface area (Å²) in [5.74, 6) is 0.711. The van der Waals surface area contributed by atoms with E-state index in [1.807, 2.05) is 18.3 Å². The number of nitrogens with one attached hydrogen (secondary N) is 1. The molecule has 0 unspecified atom stereocenters. The molecular weight excluding hydrogens is 318 g/mol. The molecule has 0 radical (unpaired) electrons. The van der Waals surface area contributed by atoms with Crippen LogP contribution in [0.1, 0.15) is 19.8 Å². The molecule has 6 heteroatoms. The summed E-state index contributed by atoms with van der Waals surface area (Å²) in [4.78, 5) is 6.89. The van der Waals surface area contributed by atoms with Crippen LogP contribution in [0.25, 0.3) is 5.65 Å². The van der Waals surface area contributed by atoms with E-state index >= 15 is 0 Å². The van der Waals surface area contributed by atoms with Crippen molar-refractivity contribution in [3.05, 3.63) is 22.8 Å². The summed E-state index contributed by atoms with van der Waals surface area (Å²) >= 11 is 3.44. The lowest BCUT2D eigenvalue weighted by molar-refractivity contribution is 0.150. The van der Waals surface area contributed by atoms with Crippen molar-refractivity contribution >= 4 is 27.5 Å². The van der Waals surface area contributed by atoms with E-state index in [9.17, 15) is 0 Å². The molecule has 1 aliphatic heterocycles. The molecule has 1 aliphatic rings. The van der Waals surface area contributed by atoms with Crippen LogP contribution >= 0.6 is 15.9 Å². The molecule has 2 aromatic heterocycles. The van der Waals surface area contributed by atoms with Crippen LogP contribution in [0.5, 0.6) is 0 Å². The van der Waals surface area contributed by atoms with Crippen molar-refractivity contribution in [3.8, 4) is 0 Å². The van der Waals surface area contributed by atoms with Gasteiger partial charge in [-0.05, 0) is 66.5 Å². The van der Waals surface area contributed by atoms with Crippen LogP contribution in [0.15, 0.2) is 22.8 Å². The van der Waals surface area contributed by atoms with Gasteiger partial charge in [0.25, 0.3) is 0 Å². The molecule has 0 atom stereocenters. The zero-order valence-electron chi connectivity index (χ0n) is 11.9. The van der Waals surface area contributed by atoms with Crippen molar-refractivity contribution in [1.82, 2.24) is 19.5 Å². The van der Waals surface area contributed by atoms with Crippen LogP contribution in [-0.4, -0.2) is 46.2 Å². The number of hydrogen-bond donors (Lipinski definition) is 1. The maximum Gasteiger partial charge on any atom is 0.243 e. The van der Waals surface area contributed by atoms with E-state index in [0.29, 0.717) is 11.4 Å². The first-order valence-corrected chi connectivity index (χ1v) is 7.78. The van der Waals surface area contributed by atoms with E-state index in [1.165, 1.54) is 25.9 Å². The molecule has 108 valence electrons. The molecule has 3 heterocycles. The van der Waals surface area contributed by atoms with E-state index in [4.69, 9.17) is 0 Å². The first-order valence-electron chi connectivity index (χ1n) is 6.98. The standard InChI is InChI=1S/C14H20BrN5/c1-14(5-7-19(2)8-6-14)10-16-13-17-12-4-3-11(15)9-20(12)18-13/h3-4,9H,5-8,10H2,1-2H3,(H,16,18). The number of anilines is 1. The van der Waals surface area contributed by atoms with Gasteiger partial charge in [0, 0.05) is 17.2 Å². The molecule has 20 heavy (non-hydrogen) atoms. The highest BCUT2D eigenvalue weighted by Gasteiger charge is 2.28. The molecule has 3 rings (SSSR count). The van der Waals surface area contributed by atoms with Crippen LogP contribution in [0.3, 0.4) is 0 Å². The number of rotatable bonds is 3. The second kappa shape index (κ2) is 5.33. The van der Waals surface area contributed by atoms with Gasteiger partial charge < -0.3 is 10.2 Å². The van der Waals surface area contributed by atoms with Crippen LogP contribution in [0.4, 0.5) is 5.95 Å². The highest BCUT2D eigenvalue weighted by Crippen LogP contribution is 2.30. The van der Waals surface area contributed by atoms with Gasteiger partial charge in [0.2, 0.25) is 5.95 Å². The van der Waals surface area contributed by atoms with Gasteiger partial charge in [0.05, 0.1) is 0 Å². The molecule has 5 nitrogen and oxygen atoms in total. The van der Waals surface area contributed by atoms with Crippen LogP contribution in [0, 0.1) is 5.41 Å². The van der Waals surface area contributed by atoms with Crippen molar-refractivity contribution < 1.29 is 0 Å². The van der Waals surface area contributed by atoms with Crippen molar-refractivity contribution in [2.45, 2.75) is 19.8 Å². The van der Waals surface area contributed by atoms with Gasteiger partial charge in [-0.2, -0.15) is 4.98 Å². The minimum Gasteiger partial charge on any atom is -0.352 e. The molecule has 0 saturated carbocycles. The Balaban J connectivity index is 1.67. The summed E-state index contributed by atoms with van der Waals surface area (Å²) in [6, 6.07) is 3.94. The van der Waals surface area contributed by atoms with Gasteiger partial charge >= 0.3 is 0 Å². The number of pyridine rings is 1. The molecule has 1 saturated heterocycles. The normalized spacial score (nSPS) is 19.4. The van der Waals surface area contributed by atoms with Crippen molar-refractivity contribution in [3.63, 3.8) is 0 Å². The van der Waals surface area contributed by atoms with Crippen LogP contribution in [0.2, 0.25) is 0 Å². The summed E-state index contributed by atoms with van der Waals surface area (Å²) in [6.45, 7) is 5.62. The smallest absolute Gasteiger partial charge is 0.243 e. The summed E-state index contributed by atoms with van der Waals surface area (Å²) in [5, 5.41) is 7.86. The number of nitrogens with zero attached hydrogens (tertiary/aromatic N) is 4. The average Bonchev–Trinajstić information content (AvgIpc) is 2.82. The van der Waals surface area contributed by atoms with Gasteiger partial charge in [-0.25, -0.2) is 4.52 Å². The summed E-state index contributed by atoms with van der Waals surface area (Å²) < 4.78 is 2.80. The fraction of sp³-hybridized carbons (Fsp3) is 0.571. The average molecular weight is 338 g/mol. The Morgan fingerprint density at radius 3 is 2.85 bits per heavy atom. The highest BCUT2D eigenvalue weighted by molar-refractivity contribution is 9.10. The van der Waals surface area contributed by atoms with Gasteiger partial charge in [0.1, 0.15) is 0 Å². The SMILES string of the molecule is CN1CCC(C)(CNc2nc3ccc(Br)cn3n2)CC1. The topological polar surface area (TPSA) is 45.5 Å². The maximum atomic E-state index is 4.49. The Hall–Kier alpha value is -1.14. The zero-order valence-corrected chi connectivity index (χ0v) is 13.5. The van der Waals surface area contributed by atoms with E-state index in [2.05, 4.69) is 50.2 Å². The van der Waals surface area contributed by atoms with Gasteiger partial charge in [-0.1, -0.05) is 6.92 Å². The molecule has 0 bridgehead atoms. The molecule has 2 aromatic rings. The molecule has 0 aromatic carbocycles. The Kier molecular flexibility index (Phi) is 3.69. The van der Waals surface area contributed by atoms with Crippen molar-refractivity contribution in [2.24, 2.45) is 5.41 Å². The molecule has 1 N–H and O–H groups in total. The summed E-state index contributed by atoms with van der Waals surface area (Å²) in [5.41, 5.74) is 1.20. The molecule has 0 amide bonds. The molecule has 1 fully saturated rings. The zero-order chi connectivity index (χ0) is 14.2. The Bertz CT molecular complexity index is 601. The Morgan fingerprint density at radius 2 is 2.10 bits per heavy atom. The third-order valence-electron chi connectivity index (χ3n) is 4.16. The van der Waals surface area contributed by atoms with Crippen molar-refractivity contribution in [1.29, 1.82) is 0 Å². The lowest BCUT2D eigenvalue weighted by Crippen LogP contribution is -2.40. The number of halogens is 1. The number of likely N-dealkylation sites (tertiary alicyclic amines) is 1. The predicted octanol–water partition coefficient (Wildman–Crippen LogP) is 2.64. The van der Waals surface area contributed by atoms with Crippen molar-refractivity contribution in [2.75, 3.05) is 32.0 Å². The predicted molar refractivity (Wildman–Crippen MR) is 84.0 cm³/mol. The quantitative estimate of drug-likeness (QED) is 0.935. The molecule has 0 spiro atoms. The number of fused-ring (bicyclic) bond motifs is 1. The fourth-order valence-electron chi connectivity index (χ4n) is 2.56. The maximum absolute atomic E-state index is 4.49. The lowest BCUT2D eigenvalue weighted by Gasteiger charge is -2.37. The second-order valence-corrected chi connectivity index (χ2v) is 6.97. The van der Waals surface area contributed by atoms with Gasteiger partial charge in [-0.15, -0.1) is 5.10 Å². The first-order chi connectivity index (χ1) is 9.54. The minimum absolute atomic E-state index is 0.338. The second-order valence-electron chi connectivity index (χ2n) is 6.05. The summed E-state index contributed by atoms with van der Waals surface area (Å²) in [7, 11) is 2.19. The number of aromatic nitrogens is 3. The third kappa shape index (κ3) is 2.96. The van der Waals surface area contributed by atoms with E-state index in [1.54, 1.807) is 4.52 Å². The third-order valence-corrected chi connectivity index (χ3v) is 4.63. The van der Waals surface area contributed by atoms with E-state index < -0.39 is 0 Å². The monoisotopic (exact) mass is 337 g/mol. The lowest BCUT2D eigenvalue weighted by atomic mass is 9.80. The Labute approximate surface area is 127 Å². The van der Waals surface area contributed by atoms with E-state index in [0.717, 1.165) is 16.7 Å². The fourth-order valence-corrected chi connectivity index (χ4v) is 2.89. The number of piperidine rings is 1. The largest absolute Gasteiger partial charge is 0.352 e. The van der Waals surface area contributed by atoms with Crippen LogP contribution in [-0.2, 0) is 0 Å². The van der Waals surface area contributed by atoms with Gasteiger partial charge in [-0.3, -0.25) is 0 Å².